The second-order valence-corrected chi connectivity index (χ2v) is 7.16. The third-order valence-electron chi connectivity index (χ3n) is 5.80. The van der Waals surface area contributed by atoms with Crippen molar-refractivity contribution < 1.29 is 18.7 Å². The molecule has 0 radical (unpaired) electrons. The van der Waals surface area contributed by atoms with Crippen LogP contribution in [-0.4, -0.2) is 52.3 Å². The summed E-state index contributed by atoms with van der Waals surface area (Å²) >= 11 is 0. The molecule has 1 saturated heterocycles. The third kappa shape index (κ3) is 2.55. The van der Waals surface area contributed by atoms with E-state index in [0.717, 1.165) is 22.9 Å². The maximum Gasteiger partial charge on any atom is 0.317 e. The number of carbonyl (C=O) groups is 1. The monoisotopic (exact) mass is 364 g/mol. The number of H-pyrrole nitrogens is 1. The van der Waals surface area contributed by atoms with E-state index < -0.39 is 17.9 Å². The molecular formula is C18H22F2N4O2. The van der Waals surface area contributed by atoms with Gasteiger partial charge in [-0.3, -0.25) is 5.10 Å². The number of aliphatic hydroxyl groups is 1. The summed E-state index contributed by atoms with van der Waals surface area (Å²) in [6.07, 6.45) is 1.59. The number of likely N-dealkylation sites (tertiary alicyclic amines) is 1. The lowest BCUT2D eigenvalue weighted by Crippen LogP contribution is -2.48. The van der Waals surface area contributed by atoms with Gasteiger partial charge in [-0.1, -0.05) is 0 Å². The molecule has 2 heterocycles. The maximum atomic E-state index is 15.2. The van der Waals surface area contributed by atoms with Crippen LogP contribution in [0.15, 0.2) is 12.3 Å². The zero-order valence-corrected chi connectivity index (χ0v) is 14.6. The molecule has 0 bridgehead atoms. The van der Waals surface area contributed by atoms with Crippen LogP contribution in [0, 0.1) is 5.92 Å². The molecule has 1 aliphatic heterocycles. The second-order valence-electron chi connectivity index (χ2n) is 7.16. The number of nitrogens with zero attached hydrogens (tertiary/aromatic N) is 2. The normalized spacial score (nSPS) is 19.2. The first-order chi connectivity index (χ1) is 12.4. The molecule has 1 aliphatic carbocycles. The topological polar surface area (TPSA) is 81.2 Å². The summed E-state index contributed by atoms with van der Waals surface area (Å²) in [5.74, 6) is -4.23. The molecule has 2 aromatic rings. The zero-order chi connectivity index (χ0) is 18.5. The Kier molecular flexibility index (Phi) is 4.10. The van der Waals surface area contributed by atoms with Crippen molar-refractivity contribution in [1.29, 1.82) is 0 Å². The Bertz CT molecular complexity index is 843. The van der Waals surface area contributed by atoms with Crippen molar-refractivity contribution in [3.8, 4) is 0 Å². The SMILES string of the molecule is CNC(=O)N1CCC(C(F)(F)[C@H](O)c2c3c(cc4cn[nH]c24)CC3)CC1. The highest BCUT2D eigenvalue weighted by molar-refractivity contribution is 5.85. The predicted octanol–water partition coefficient (Wildman–Crippen LogP) is 2.38. The highest BCUT2D eigenvalue weighted by atomic mass is 19.3. The number of aliphatic hydroxyl groups excluding tert-OH is 1. The Morgan fingerprint density at radius 2 is 2.15 bits per heavy atom. The predicted molar refractivity (Wildman–Crippen MR) is 92.2 cm³/mol. The van der Waals surface area contributed by atoms with Crippen molar-refractivity contribution >= 4 is 16.9 Å². The molecular weight excluding hydrogens is 342 g/mol. The standard InChI is InChI=1S/C18H22F2N4O2/c1-21-17(26)24-6-4-12(5-7-24)18(19,20)16(25)14-13-3-2-10(13)8-11-9-22-23-15(11)14/h8-9,12,16,25H,2-7H2,1H3,(H,21,26)(H,22,23)/t16-/m1/s1. The number of benzene rings is 1. The zero-order valence-electron chi connectivity index (χ0n) is 14.6. The van der Waals surface area contributed by atoms with E-state index >= 15 is 8.78 Å². The lowest BCUT2D eigenvalue weighted by molar-refractivity contribution is -0.159. The summed E-state index contributed by atoms with van der Waals surface area (Å²) in [7, 11) is 1.52. The van der Waals surface area contributed by atoms with Crippen LogP contribution < -0.4 is 5.32 Å². The quantitative estimate of drug-likeness (QED) is 0.782. The van der Waals surface area contributed by atoms with E-state index in [2.05, 4.69) is 15.5 Å². The molecule has 2 amide bonds. The average molecular weight is 364 g/mol. The minimum atomic E-state index is -3.27. The van der Waals surface area contributed by atoms with Gasteiger partial charge >= 0.3 is 6.03 Å². The van der Waals surface area contributed by atoms with Crippen LogP contribution in [0.25, 0.3) is 10.9 Å². The molecule has 1 atom stereocenters. The van der Waals surface area contributed by atoms with Crippen molar-refractivity contribution in [2.24, 2.45) is 5.92 Å². The van der Waals surface area contributed by atoms with Gasteiger partial charge in [-0.2, -0.15) is 5.10 Å². The van der Waals surface area contributed by atoms with Gasteiger partial charge in [0.05, 0.1) is 11.7 Å². The van der Waals surface area contributed by atoms with Crippen LogP contribution in [0.1, 0.15) is 35.6 Å². The number of piperidine rings is 1. The molecule has 0 spiro atoms. The smallest absolute Gasteiger partial charge is 0.317 e. The van der Waals surface area contributed by atoms with Gasteiger partial charge in [0.2, 0.25) is 0 Å². The highest BCUT2D eigenvalue weighted by Gasteiger charge is 2.49. The Hall–Kier alpha value is -2.22. The number of halogens is 2. The minimum Gasteiger partial charge on any atom is -0.382 e. The van der Waals surface area contributed by atoms with Crippen LogP contribution in [0.5, 0.6) is 0 Å². The summed E-state index contributed by atoms with van der Waals surface area (Å²) in [5, 5.41) is 20.7. The van der Waals surface area contributed by atoms with Crippen molar-refractivity contribution in [2.45, 2.75) is 37.7 Å². The molecule has 140 valence electrons. The largest absolute Gasteiger partial charge is 0.382 e. The van der Waals surface area contributed by atoms with Crippen LogP contribution in [0.2, 0.25) is 0 Å². The van der Waals surface area contributed by atoms with E-state index in [0.29, 0.717) is 17.5 Å². The highest BCUT2D eigenvalue weighted by Crippen LogP contribution is 2.46. The van der Waals surface area contributed by atoms with Gasteiger partial charge in [0, 0.05) is 37.0 Å². The number of carbonyl (C=O) groups excluding carboxylic acids is 1. The molecule has 4 rings (SSSR count). The summed E-state index contributed by atoms with van der Waals surface area (Å²) in [6.45, 7) is 0.526. The van der Waals surface area contributed by atoms with E-state index in [-0.39, 0.29) is 32.0 Å². The molecule has 0 unspecified atom stereocenters. The van der Waals surface area contributed by atoms with Crippen molar-refractivity contribution in [3.63, 3.8) is 0 Å². The molecule has 26 heavy (non-hydrogen) atoms. The molecule has 8 heteroatoms. The lowest BCUT2D eigenvalue weighted by atomic mass is 9.77. The number of urea groups is 1. The van der Waals surface area contributed by atoms with E-state index in [9.17, 15) is 9.90 Å². The molecule has 2 aliphatic rings. The first-order valence-corrected chi connectivity index (χ1v) is 8.93. The van der Waals surface area contributed by atoms with E-state index in [4.69, 9.17) is 0 Å². The Balaban J connectivity index is 1.60. The van der Waals surface area contributed by atoms with Crippen LogP contribution in [0.4, 0.5) is 13.6 Å². The molecule has 1 aromatic carbocycles. The summed E-state index contributed by atoms with van der Waals surface area (Å²) in [5.41, 5.74) is 2.62. The molecule has 1 fully saturated rings. The van der Waals surface area contributed by atoms with Crippen molar-refractivity contribution in [1.82, 2.24) is 20.4 Å². The average Bonchev–Trinajstić information content (AvgIpc) is 3.10. The van der Waals surface area contributed by atoms with Gasteiger partial charge in [-0.15, -0.1) is 0 Å². The fourth-order valence-corrected chi connectivity index (χ4v) is 4.16. The van der Waals surface area contributed by atoms with Gasteiger partial charge in [0.1, 0.15) is 6.10 Å². The molecule has 0 saturated carbocycles. The number of aromatic nitrogens is 2. The number of amides is 2. The van der Waals surface area contributed by atoms with Crippen molar-refractivity contribution in [2.75, 3.05) is 20.1 Å². The Labute approximate surface area is 149 Å². The van der Waals surface area contributed by atoms with Crippen LogP contribution in [-0.2, 0) is 12.8 Å². The first-order valence-electron chi connectivity index (χ1n) is 8.93. The fourth-order valence-electron chi connectivity index (χ4n) is 4.16. The maximum absolute atomic E-state index is 15.2. The van der Waals surface area contributed by atoms with Gasteiger partial charge in [0.25, 0.3) is 5.92 Å². The molecule has 6 nitrogen and oxygen atoms in total. The van der Waals surface area contributed by atoms with E-state index in [1.807, 2.05) is 6.07 Å². The van der Waals surface area contributed by atoms with Gasteiger partial charge in [-0.25, -0.2) is 13.6 Å². The molecule has 1 aromatic heterocycles. The number of aromatic amines is 1. The fraction of sp³-hybridized carbons (Fsp3) is 0.556. The summed E-state index contributed by atoms with van der Waals surface area (Å²) in [4.78, 5) is 13.2. The van der Waals surface area contributed by atoms with E-state index in [1.165, 1.54) is 11.9 Å². The minimum absolute atomic E-state index is 0.165. The van der Waals surface area contributed by atoms with Crippen molar-refractivity contribution in [3.05, 3.63) is 29.0 Å². The van der Waals surface area contributed by atoms with E-state index in [1.54, 1.807) is 6.20 Å². The van der Waals surface area contributed by atoms with Crippen LogP contribution >= 0.6 is 0 Å². The number of fused-ring (bicyclic) bond motifs is 2. The van der Waals surface area contributed by atoms with Gasteiger partial charge < -0.3 is 15.3 Å². The number of nitrogens with one attached hydrogen (secondary N) is 2. The molecule has 3 N–H and O–H groups in total. The van der Waals surface area contributed by atoms with Crippen LogP contribution in [0.3, 0.4) is 0 Å². The number of hydrogen-bond donors (Lipinski definition) is 3. The number of hydrogen-bond acceptors (Lipinski definition) is 3. The van der Waals surface area contributed by atoms with Gasteiger partial charge in [-0.05, 0) is 42.9 Å². The number of alkyl halides is 2. The third-order valence-corrected chi connectivity index (χ3v) is 5.80. The Morgan fingerprint density at radius 3 is 2.77 bits per heavy atom. The second kappa shape index (κ2) is 6.19. The number of rotatable bonds is 3. The Morgan fingerprint density at radius 1 is 1.42 bits per heavy atom. The lowest BCUT2D eigenvalue weighted by Gasteiger charge is -2.38. The number of aryl methyl sites for hydroxylation is 1. The van der Waals surface area contributed by atoms with Gasteiger partial charge in [0.15, 0.2) is 0 Å². The summed E-state index contributed by atoms with van der Waals surface area (Å²) < 4.78 is 30.3. The summed E-state index contributed by atoms with van der Waals surface area (Å²) in [6, 6.07) is 1.70. The first kappa shape index (κ1) is 17.2.